The summed E-state index contributed by atoms with van der Waals surface area (Å²) in [4.78, 5) is 0. The van der Waals surface area contributed by atoms with Crippen LogP contribution in [-0.2, 0) is 4.74 Å². The SMILES string of the molecule is CCC1(OC(C)C)CC(F)(F)C1. The second-order valence-electron chi connectivity index (χ2n) is 3.91. The normalized spacial score (nSPS) is 25.5. The lowest BCUT2D eigenvalue weighted by molar-refractivity contribution is -0.241. The highest BCUT2D eigenvalue weighted by molar-refractivity contribution is 5.00. The summed E-state index contributed by atoms with van der Waals surface area (Å²) in [5, 5.41) is 0. The summed E-state index contributed by atoms with van der Waals surface area (Å²) in [5.74, 6) is -2.48. The molecule has 3 heteroatoms. The third-order valence-corrected chi connectivity index (χ3v) is 2.29. The van der Waals surface area contributed by atoms with E-state index in [1.165, 1.54) is 0 Å². The van der Waals surface area contributed by atoms with E-state index in [1.54, 1.807) is 0 Å². The molecule has 0 N–H and O–H groups in total. The minimum absolute atomic E-state index is 0.0426. The van der Waals surface area contributed by atoms with Crippen LogP contribution >= 0.6 is 0 Å². The molecule has 0 amide bonds. The molecule has 0 saturated heterocycles. The summed E-state index contributed by atoms with van der Waals surface area (Å²) >= 11 is 0. The first-order valence-corrected chi connectivity index (χ1v) is 4.45. The summed E-state index contributed by atoms with van der Waals surface area (Å²) < 4.78 is 30.7. The van der Waals surface area contributed by atoms with Crippen LogP contribution in [-0.4, -0.2) is 17.6 Å². The molecule has 12 heavy (non-hydrogen) atoms. The zero-order valence-electron chi connectivity index (χ0n) is 7.86. The third-order valence-electron chi connectivity index (χ3n) is 2.29. The molecule has 1 nitrogen and oxygen atoms in total. The highest BCUT2D eigenvalue weighted by Gasteiger charge is 2.56. The Bertz CT molecular complexity index is 152. The Morgan fingerprint density at radius 3 is 2.08 bits per heavy atom. The summed E-state index contributed by atoms with van der Waals surface area (Å²) in [6, 6.07) is 0. The van der Waals surface area contributed by atoms with Crippen molar-refractivity contribution < 1.29 is 13.5 Å². The van der Waals surface area contributed by atoms with Gasteiger partial charge in [0.25, 0.3) is 5.92 Å². The van der Waals surface area contributed by atoms with Crippen LogP contribution in [0.2, 0.25) is 0 Å². The van der Waals surface area contributed by atoms with Gasteiger partial charge in [-0.05, 0) is 20.3 Å². The molecule has 1 aliphatic rings. The van der Waals surface area contributed by atoms with Crippen molar-refractivity contribution in [3.63, 3.8) is 0 Å². The predicted octanol–water partition coefficient (Wildman–Crippen LogP) is 2.99. The second-order valence-corrected chi connectivity index (χ2v) is 3.91. The number of halogens is 2. The number of ether oxygens (including phenoxy) is 1. The average Bonchev–Trinajstić information content (AvgIpc) is 1.81. The Balaban J connectivity index is 2.47. The van der Waals surface area contributed by atoms with E-state index in [0.717, 1.165) is 0 Å². The van der Waals surface area contributed by atoms with Gasteiger partial charge in [0.2, 0.25) is 0 Å². The van der Waals surface area contributed by atoms with Gasteiger partial charge in [-0.15, -0.1) is 0 Å². The quantitative estimate of drug-likeness (QED) is 0.645. The predicted molar refractivity (Wildman–Crippen MR) is 43.4 cm³/mol. The zero-order valence-corrected chi connectivity index (χ0v) is 7.86. The van der Waals surface area contributed by atoms with Crippen molar-refractivity contribution in [2.45, 2.75) is 57.7 Å². The van der Waals surface area contributed by atoms with E-state index in [2.05, 4.69) is 0 Å². The molecule has 1 saturated carbocycles. The molecule has 0 atom stereocenters. The molecule has 72 valence electrons. The van der Waals surface area contributed by atoms with Crippen LogP contribution in [0.3, 0.4) is 0 Å². The largest absolute Gasteiger partial charge is 0.372 e. The maximum absolute atomic E-state index is 12.6. The Kier molecular flexibility index (Phi) is 2.43. The lowest BCUT2D eigenvalue weighted by Crippen LogP contribution is -2.54. The van der Waals surface area contributed by atoms with E-state index < -0.39 is 11.5 Å². The molecule has 1 fully saturated rings. The van der Waals surface area contributed by atoms with Gasteiger partial charge in [-0.25, -0.2) is 8.78 Å². The first kappa shape index (κ1) is 9.90. The second kappa shape index (κ2) is 2.95. The topological polar surface area (TPSA) is 9.23 Å². The molecule has 1 aliphatic carbocycles. The van der Waals surface area contributed by atoms with Gasteiger partial charge < -0.3 is 4.74 Å². The molecule has 1 rings (SSSR count). The van der Waals surface area contributed by atoms with Crippen molar-refractivity contribution in [2.75, 3.05) is 0 Å². The highest BCUT2D eigenvalue weighted by Crippen LogP contribution is 2.50. The number of hydrogen-bond donors (Lipinski definition) is 0. The van der Waals surface area contributed by atoms with Gasteiger partial charge in [-0.3, -0.25) is 0 Å². The van der Waals surface area contributed by atoms with Crippen LogP contribution in [0, 0.1) is 0 Å². The van der Waals surface area contributed by atoms with E-state index in [1.807, 2.05) is 20.8 Å². The Hall–Kier alpha value is -0.180. The van der Waals surface area contributed by atoms with E-state index in [0.29, 0.717) is 6.42 Å². The number of hydrogen-bond acceptors (Lipinski definition) is 1. The zero-order chi connectivity index (χ0) is 9.41. The summed E-state index contributed by atoms with van der Waals surface area (Å²) in [6.07, 6.45) is 0.519. The number of alkyl halides is 2. The molecule has 0 aromatic heterocycles. The molecular weight excluding hydrogens is 162 g/mol. The summed E-state index contributed by atoms with van der Waals surface area (Å²) in [5.41, 5.74) is -0.530. The first-order chi connectivity index (χ1) is 5.39. The van der Waals surface area contributed by atoms with Crippen LogP contribution in [0.5, 0.6) is 0 Å². The van der Waals surface area contributed by atoms with Crippen LogP contribution in [0.15, 0.2) is 0 Å². The Morgan fingerprint density at radius 1 is 1.33 bits per heavy atom. The van der Waals surface area contributed by atoms with Gasteiger partial charge in [0.15, 0.2) is 0 Å². The smallest absolute Gasteiger partial charge is 0.253 e. The molecule has 0 aliphatic heterocycles. The lowest BCUT2D eigenvalue weighted by atomic mass is 9.74. The molecule has 0 aromatic rings. The van der Waals surface area contributed by atoms with Gasteiger partial charge in [0, 0.05) is 12.8 Å². The van der Waals surface area contributed by atoms with Gasteiger partial charge >= 0.3 is 0 Å². The van der Waals surface area contributed by atoms with E-state index in [-0.39, 0.29) is 18.9 Å². The van der Waals surface area contributed by atoms with Crippen molar-refractivity contribution in [1.82, 2.24) is 0 Å². The van der Waals surface area contributed by atoms with Gasteiger partial charge in [0.05, 0.1) is 11.7 Å². The summed E-state index contributed by atoms with van der Waals surface area (Å²) in [6.45, 7) is 5.67. The maximum Gasteiger partial charge on any atom is 0.253 e. The molecule has 0 spiro atoms. The molecular formula is C9H16F2O. The third kappa shape index (κ3) is 1.94. The lowest BCUT2D eigenvalue weighted by Gasteiger charge is -2.47. The molecule has 0 aromatic carbocycles. The van der Waals surface area contributed by atoms with Crippen LogP contribution in [0.4, 0.5) is 8.78 Å². The average molecular weight is 178 g/mol. The summed E-state index contributed by atoms with van der Waals surface area (Å²) in [7, 11) is 0. The van der Waals surface area contributed by atoms with Gasteiger partial charge in [-0.2, -0.15) is 0 Å². The van der Waals surface area contributed by atoms with Crippen LogP contribution in [0.1, 0.15) is 40.0 Å². The standard InChI is InChI=1S/C9H16F2O/c1-4-8(12-7(2)3)5-9(10,11)6-8/h7H,4-6H2,1-3H3. The van der Waals surface area contributed by atoms with Crippen LogP contribution < -0.4 is 0 Å². The van der Waals surface area contributed by atoms with Crippen molar-refractivity contribution in [1.29, 1.82) is 0 Å². The fourth-order valence-electron chi connectivity index (χ4n) is 1.81. The number of rotatable bonds is 3. The molecule has 0 bridgehead atoms. The molecule has 0 unspecified atom stereocenters. The fourth-order valence-corrected chi connectivity index (χ4v) is 1.81. The van der Waals surface area contributed by atoms with Crippen molar-refractivity contribution in [2.24, 2.45) is 0 Å². The molecule has 0 radical (unpaired) electrons. The minimum atomic E-state index is -2.48. The van der Waals surface area contributed by atoms with E-state index in [4.69, 9.17) is 4.74 Å². The first-order valence-electron chi connectivity index (χ1n) is 4.45. The van der Waals surface area contributed by atoms with Crippen molar-refractivity contribution in [3.8, 4) is 0 Å². The minimum Gasteiger partial charge on any atom is -0.372 e. The Labute approximate surface area is 72.1 Å². The van der Waals surface area contributed by atoms with Crippen molar-refractivity contribution >= 4 is 0 Å². The maximum atomic E-state index is 12.6. The van der Waals surface area contributed by atoms with E-state index >= 15 is 0 Å². The fraction of sp³-hybridized carbons (Fsp3) is 1.00. The van der Waals surface area contributed by atoms with Crippen molar-refractivity contribution in [3.05, 3.63) is 0 Å². The monoisotopic (exact) mass is 178 g/mol. The van der Waals surface area contributed by atoms with E-state index in [9.17, 15) is 8.78 Å². The Morgan fingerprint density at radius 2 is 1.83 bits per heavy atom. The molecule has 0 heterocycles. The van der Waals surface area contributed by atoms with Gasteiger partial charge in [-0.1, -0.05) is 6.92 Å². The van der Waals surface area contributed by atoms with Gasteiger partial charge in [0.1, 0.15) is 0 Å². The van der Waals surface area contributed by atoms with Crippen LogP contribution in [0.25, 0.3) is 0 Å². The highest BCUT2D eigenvalue weighted by atomic mass is 19.3.